The highest BCUT2D eigenvalue weighted by Gasteiger charge is 2.19. The summed E-state index contributed by atoms with van der Waals surface area (Å²) in [6.07, 6.45) is 2.34. The molecular weight excluding hydrogens is 366 g/mol. The first kappa shape index (κ1) is 19.3. The van der Waals surface area contributed by atoms with Gasteiger partial charge in [-0.3, -0.25) is 4.79 Å². The minimum atomic E-state index is -3.77. The Kier molecular flexibility index (Phi) is 5.79. The molecule has 1 saturated heterocycles. The average Bonchev–Trinajstić information content (AvgIpc) is 2.68. The molecule has 0 saturated carbocycles. The second-order valence-corrected chi connectivity index (χ2v) is 8.05. The number of piperidine rings is 1. The topological polar surface area (TPSA) is 102 Å². The van der Waals surface area contributed by atoms with E-state index in [0.717, 1.165) is 31.6 Å². The van der Waals surface area contributed by atoms with Gasteiger partial charge in [-0.1, -0.05) is 0 Å². The predicted molar refractivity (Wildman–Crippen MR) is 104 cm³/mol. The van der Waals surface area contributed by atoms with Gasteiger partial charge < -0.3 is 15.0 Å². The summed E-state index contributed by atoms with van der Waals surface area (Å²) in [5.41, 5.74) is 2.14. The van der Waals surface area contributed by atoms with Crippen LogP contribution in [0.1, 0.15) is 23.2 Å². The SMILES string of the molecule is COC1CCN(c2ccc(NC(=O)c3ccc(S(N)(=O)=O)cc3)cc2)CC1. The summed E-state index contributed by atoms with van der Waals surface area (Å²) in [4.78, 5) is 14.6. The van der Waals surface area contributed by atoms with Crippen molar-refractivity contribution < 1.29 is 17.9 Å². The fourth-order valence-electron chi connectivity index (χ4n) is 3.10. The number of carbonyl (C=O) groups is 1. The number of methoxy groups -OCH3 is 1. The van der Waals surface area contributed by atoms with Gasteiger partial charge in [0.25, 0.3) is 5.91 Å². The Morgan fingerprint density at radius 1 is 1.07 bits per heavy atom. The largest absolute Gasteiger partial charge is 0.381 e. The highest BCUT2D eigenvalue weighted by molar-refractivity contribution is 7.89. The summed E-state index contributed by atoms with van der Waals surface area (Å²) in [6.45, 7) is 1.89. The maximum atomic E-state index is 12.3. The molecule has 2 aromatic rings. The normalized spacial score (nSPS) is 15.6. The number of ether oxygens (including phenoxy) is 1. The highest BCUT2D eigenvalue weighted by atomic mass is 32.2. The van der Waals surface area contributed by atoms with E-state index in [1.807, 2.05) is 24.3 Å². The molecule has 1 fully saturated rings. The number of nitrogens with one attached hydrogen (secondary N) is 1. The summed E-state index contributed by atoms with van der Waals surface area (Å²) >= 11 is 0. The fourth-order valence-corrected chi connectivity index (χ4v) is 3.62. The van der Waals surface area contributed by atoms with Gasteiger partial charge in [0.15, 0.2) is 0 Å². The van der Waals surface area contributed by atoms with E-state index in [1.165, 1.54) is 24.3 Å². The van der Waals surface area contributed by atoms with Crippen LogP contribution in [0.2, 0.25) is 0 Å². The van der Waals surface area contributed by atoms with E-state index in [9.17, 15) is 13.2 Å². The number of benzene rings is 2. The van der Waals surface area contributed by atoms with Crippen molar-refractivity contribution in [2.75, 3.05) is 30.4 Å². The third-order valence-corrected chi connectivity index (χ3v) is 5.64. The second-order valence-electron chi connectivity index (χ2n) is 6.49. The highest BCUT2D eigenvalue weighted by Crippen LogP contribution is 2.23. The standard InChI is InChI=1S/C19H23N3O4S/c1-26-17-10-12-22(13-11-17)16-6-4-15(5-7-16)21-19(23)14-2-8-18(9-3-14)27(20,24)25/h2-9,17H,10-13H2,1H3,(H,21,23)(H2,20,24,25). The first-order chi connectivity index (χ1) is 12.9. The van der Waals surface area contributed by atoms with Crippen molar-refractivity contribution in [3.63, 3.8) is 0 Å². The molecule has 2 aromatic carbocycles. The van der Waals surface area contributed by atoms with Crippen LogP contribution in [-0.4, -0.2) is 40.6 Å². The molecule has 0 spiro atoms. The van der Waals surface area contributed by atoms with Crippen LogP contribution < -0.4 is 15.4 Å². The van der Waals surface area contributed by atoms with E-state index < -0.39 is 10.0 Å². The van der Waals surface area contributed by atoms with Crippen molar-refractivity contribution in [1.29, 1.82) is 0 Å². The van der Waals surface area contributed by atoms with E-state index in [4.69, 9.17) is 9.88 Å². The molecule has 7 nitrogen and oxygen atoms in total. The lowest BCUT2D eigenvalue weighted by Crippen LogP contribution is -2.36. The van der Waals surface area contributed by atoms with Gasteiger partial charge in [-0.25, -0.2) is 13.6 Å². The monoisotopic (exact) mass is 389 g/mol. The smallest absolute Gasteiger partial charge is 0.255 e. The van der Waals surface area contributed by atoms with Crippen molar-refractivity contribution in [3.05, 3.63) is 54.1 Å². The lowest BCUT2D eigenvalue weighted by atomic mass is 10.1. The molecule has 3 rings (SSSR count). The summed E-state index contributed by atoms with van der Waals surface area (Å²) < 4.78 is 27.9. The Bertz CT molecular complexity index is 888. The van der Waals surface area contributed by atoms with Crippen LogP contribution >= 0.6 is 0 Å². The van der Waals surface area contributed by atoms with Crippen LogP contribution in [0, 0.1) is 0 Å². The molecule has 1 aliphatic rings. The predicted octanol–water partition coefficient (Wildman–Crippen LogP) is 2.20. The lowest BCUT2D eigenvalue weighted by molar-refractivity contribution is 0.0819. The molecule has 1 amide bonds. The third kappa shape index (κ3) is 4.85. The van der Waals surface area contributed by atoms with Crippen molar-refractivity contribution in [2.45, 2.75) is 23.8 Å². The fraction of sp³-hybridized carbons (Fsp3) is 0.316. The minimum absolute atomic E-state index is 0.0272. The summed E-state index contributed by atoms with van der Waals surface area (Å²) in [5, 5.41) is 7.86. The first-order valence-electron chi connectivity index (χ1n) is 8.69. The van der Waals surface area contributed by atoms with Crippen LogP contribution in [0.5, 0.6) is 0 Å². The maximum absolute atomic E-state index is 12.3. The quantitative estimate of drug-likeness (QED) is 0.816. The van der Waals surface area contributed by atoms with Crippen LogP contribution in [0.4, 0.5) is 11.4 Å². The molecule has 1 heterocycles. The van der Waals surface area contributed by atoms with E-state index in [2.05, 4.69) is 10.2 Å². The van der Waals surface area contributed by atoms with Gasteiger partial charge >= 0.3 is 0 Å². The first-order valence-corrected chi connectivity index (χ1v) is 10.2. The summed E-state index contributed by atoms with van der Waals surface area (Å²) in [5.74, 6) is -0.315. The molecule has 0 aliphatic carbocycles. The summed E-state index contributed by atoms with van der Waals surface area (Å²) in [7, 11) is -2.02. The number of hydrogen-bond acceptors (Lipinski definition) is 5. The third-order valence-electron chi connectivity index (χ3n) is 4.71. The van der Waals surface area contributed by atoms with Gasteiger partial charge in [0.2, 0.25) is 10.0 Å². The molecule has 0 atom stereocenters. The molecular formula is C19H23N3O4S. The van der Waals surface area contributed by atoms with Gasteiger partial charge in [0.1, 0.15) is 0 Å². The summed E-state index contributed by atoms with van der Waals surface area (Å²) in [6, 6.07) is 13.2. The number of sulfonamides is 1. The Hall–Kier alpha value is -2.42. The van der Waals surface area contributed by atoms with E-state index in [0.29, 0.717) is 17.4 Å². The molecule has 144 valence electrons. The number of nitrogens with two attached hydrogens (primary N) is 1. The number of anilines is 2. The van der Waals surface area contributed by atoms with E-state index in [1.54, 1.807) is 7.11 Å². The average molecular weight is 389 g/mol. The molecule has 8 heteroatoms. The second kappa shape index (κ2) is 8.08. The van der Waals surface area contributed by atoms with Crippen LogP contribution in [0.3, 0.4) is 0 Å². The Labute approximate surface area is 159 Å². The Morgan fingerprint density at radius 3 is 2.19 bits per heavy atom. The number of amides is 1. The zero-order chi connectivity index (χ0) is 19.4. The number of primary sulfonamides is 1. The molecule has 0 radical (unpaired) electrons. The van der Waals surface area contributed by atoms with Gasteiger partial charge in [-0.2, -0.15) is 0 Å². The van der Waals surface area contributed by atoms with Crippen molar-refractivity contribution in [2.24, 2.45) is 5.14 Å². The Balaban J connectivity index is 1.62. The maximum Gasteiger partial charge on any atom is 0.255 e. The molecule has 0 bridgehead atoms. The van der Waals surface area contributed by atoms with Crippen molar-refractivity contribution in [3.8, 4) is 0 Å². The molecule has 3 N–H and O–H groups in total. The van der Waals surface area contributed by atoms with Crippen LogP contribution in [0.15, 0.2) is 53.4 Å². The van der Waals surface area contributed by atoms with Crippen LogP contribution in [0.25, 0.3) is 0 Å². The van der Waals surface area contributed by atoms with Crippen molar-refractivity contribution >= 4 is 27.3 Å². The number of hydrogen-bond donors (Lipinski definition) is 2. The van der Waals surface area contributed by atoms with Gasteiger partial charge in [0.05, 0.1) is 11.0 Å². The lowest BCUT2D eigenvalue weighted by Gasteiger charge is -2.33. The van der Waals surface area contributed by atoms with E-state index in [-0.39, 0.29) is 10.8 Å². The van der Waals surface area contributed by atoms with Gasteiger partial charge in [-0.05, 0) is 61.4 Å². The van der Waals surface area contributed by atoms with Gasteiger partial charge in [0, 0.05) is 37.1 Å². The molecule has 1 aliphatic heterocycles. The Morgan fingerprint density at radius 2 is 1.67 bits per heavy atom. The molecule has 0 aromatic heterocycles. The van der Waals surface area contributed by atoms with E-state index >= 15 is 0 Å². The molecule has 0 unspecified atom stereocenters. The number of nitrogens with zero attached hydrogens (tertiary/aromatic N) is 1. The zero-order valence-electron chi connectivity index (χ0n) is 15.1. The minimum Gasteiger partial charge on any atom is -0.381 e. The molecule has 27 heavy (non-hydrogen) atoms. The zero-order valence-corrected chi connectivity index (χ0v) is 15.9. The number of rotatable bonds is 5. The number of carbonyl (C=O) groups excluding carboxylic acids is 1. The van der Waals surface area contributed by atoms with Crippen LogP contribution in [-0.2, 0) is 14.8 Å². The van der Waals surface area contributed by atoms with Gasteiger partial charge in [-0.15, -0.1) is 0 Å². The van der Waals surface area contributed by atoms with Crippen molar-refractivity contribution in [1.82, 2.24) is 0 Å².